The van der Waals surface area contributed by atoms with E-state index in [9.17, 15) is 92.7 Å². The van der Waals surface area contributed by atoms with Crippen LogP contribution in [0.15, 0.2) is 85.2 Å². The van der Waals surface area contributed by atoms with Gasteiger partial charge in [0.1, 0.15) is 84.3 Å². The van der Waals surface area contributed by atoms with E-state index in [1.165, 1.54) is 43.0 Å². The Bertz CT molecular complexity index is 4600. The number of phenols is 1. The monoisotopic (exact) mass is 1740 g/mol. The van der Waals surface area contributed by atoms with Crippen LogP contribution in [0.5, 0.6) is 5.75 Å². The predicted molar refractivity (Wildman–Crippen MR) is 459 cm³/mol. The number of unbranched alkanes of at least 4 members (excludes halogenated alkanes) is 1. The Morgan fingerprint density at radius 3 is 1.33 bits per heavy atom. The highest BCUT2D eigenvalue weighted by Gasteiger charge is 2.45. The fraction of sp³-hybridized carbons (Fsp3) is 0.563. The molecule has 7 rings (SSSR count). The molecule has 125 heavy (non-hydrogen) atoms. The summed E-state index contributed by atoms with van der Waals surface area (Å²) in [4.78, 5) is 234. The molecular weight excluding hydrogens is 1620 g/mol. The molecule has 0 unspecified atom stereocenters. The van der Waals surface area contributed by atoms with Crippen LogP contribution in [0.4, 0.5) is 0 Å². The molecule has 22 N–H and O–H groups in total. The van der Waals surface area contributed by atoms with Crippen molar-refractivity contribution in [3.05, 3.63) is 102 Å². The Balaban J connectivity index is 1.09. The van der Waals surface area contributed by atoms with Gasteiger partial charge >= 0.3 is 17.9 Å². The van der Waals surface area contributed by atoms with Gasteiger partial charge in [-0.2, -0.15) is 0 Å². The maximum absolute atomic E-state index is 15.0. The van der Waals surface area contributed by atoms with Crippen molar-refractivity contribution in [2.24, 2.45) is 35.1 Å². The Morgan fingerprint density at radius 1 is 0.448 bits per heavy atom. The summed E-state index contributed by atoms with van der Waals surface area (Å²) in [6.45, 7) is 16.8. The van der Waals surface area contributed by atoms with Gasteiger partial charge in [-0.05, 0) is 156 Å². The summed E-state index contributed by atoms with van der Waals surface area (Å²) in [5, 5.41) is 81.6. The van der Waals surface area contributed by atoms with Gasteiger partial charge in [-0.15, -0.1) is 0 Å². The largest absolute Gasteiger partial charge is 0.508 e. The van der Waals surface area contributed by atoms with Gasteiger partial charge in [0.2, 0.25) is 76.8 Å². The van der Waals surface area contributed by atoms with Crippen LogP contribution < -0.4 is 70.0 Å². The third kappa shape index (κ3) is 29.6. The van der Waals surface area contributed by atoms with E-state index in [4.69, 9.17) is 11.5 Å². The van der Waals surface area contributed by atoms with Gasteiger partial charge in [0, 0.05) is 73.0 Å². The molecule has 4 heterocycles. The number of nitrogens with one attached hydrogen (secondary N) is 13. The number of likely N-dealkylation sites (tertiary alicyclic amines) is 2. The number of phenolic OH excluding ortho intramolecular Hbond substituents is 1. The summed E-state index contributed by atoms with van der Waals surface area (Å²) in [5.74, 6) is -17.4. The molecule has 684 valence electrons. The topological polar surface area (TPSA) is 597 Å². The number of aliphatic hydroxyl groups is 1. The average molecular weight is 1750 g/mol. The molecule has 38 heteroatoms. The fourth-order valence-corrected chi connectivity index (χ4v) is 15.4. The van der Waals surface area contributed by atoms with Gasteiger partial charge < -0.3 is 115 Å². The number of carbonyl (C=O) groups excluding carboxylic acids is 13. The highest BCUT2D eigenvalue weighted by atomic mass is 16.4. The summed E-state index contributed by atoms with van der Waals surface area (Å²) >= 11 is 0. The van der Waals surface area contributed by atoms with Crippen molar-refractivity contribution < 1.29 is 102 Å². The lowest BCUT2D eigenvalue weighted by atomic mass is 9.96. The fourth-order valence-electron chi connectivity index (χ4n) is 15.4. The van der Waals surface area contributed by atoms with Gasteiger partial charge in [-0.25, -0.2) is 4.79 Å². The molecule has 3 aromatic carbocycles. The Labute approximate surface area is 725 Å². The van der Waals surface area contributed by atoms with Crippen LogP contribution in [-0.4, -0.2) is 250 Å². The number of aliphatic hydroxyl groups excluding tert-OH is 1. The van der Waals surface area contributed by atoms with Crippen molar-refractivity contribution in [1.29, 1.82) is 0 Å². The zero-order valence-corrected chi connectivity index (χ0v) is 72.5. The van der Waals surface area contributed by atoms with E-state index < -0.39 is 211 Å². The molecule has 0 radical (unpaired) electrons. The maximum atomic E-state index is 15.0. The van der Waals surface area contributed by atoms with Gasteiger partial charge in [0.25, 0.3) is 0 Å². The van der Waals surface area contributed by atoms with Gasteiger partial charge in [-0.3, -0.25) is 71.9 Å². The molecule has 16 atom stereocenters. The lowest BCUT2D eigenvalue weighted by molar-refractivity contribution is -0.146. The van der Waals surface area contributed by atoms with E-state index in [1.807, 2.05) is 0 Å². The first-order chi connectivity index (χ1) is 59.2. The van der Waals surface area contributed by atoms with Crippen LogP contribution in [0.1, 0.15) is 176 Å². The second-order valence-corrected chi connectivity index (χ2v) is 33.9. The number of aromatic nitrogens is 2. The number of carbonyl (C=O) groups is 16. The molecule has 13 amide bonds. The molecular formula is C87H125N17O21. The zero-order chi connectivity index (χ0) is 92.2. The quantitative estimate of drug-likeness (QED) is 0.0243. The summed E-state index contributed by atoms with van der Waals surface area (Å²) in [6.07, 6.45) is 0.282. The summed E-state index contributed by atoms with van der Waals surface area (Å²) in [6, 6.07) is -0.468. The third-order valence-corrected chi connectivity index (χ3v) is 22.3. The number of carboxylic acid groups (broad SMARTS) is 3. The number of rotatable bonds is 49. The number of amides is 13. The average Bonchev–Trinajstić information content (AvgIpc) is 1.64. The number of benzene rings is 3. The van der Waals surface area contributed by atoms with E-state index in [-0.39, 0.29) is 114 Å². The molecule has 38 nitrogen and oxygen atoms in total. The number of carboxylic acids is 3. The molecule has 0 bridgehead atoms. The lowest BCUT2D eigenvalue weighted by Crippen LogP contribution is -2.62. The molecule has 0 aliphatic carbocycles. The van der Waals surface area contributed by atoms with Crippen LogP contribution in [0.2, 0.25) is 0 Å². The van der Waals surface area contributed by atoms with Gasteiger partial charge in [-0.1, -0.05) is 110 Å². The number of hydrogen-bond donors (Lipinski definition) is 20. The van der Waals surface area contributed by atoms with Crippen molar-refractivity contribution in [2.45, 2.75) is 269 Å². The molecule has 0 spiro atoms. The number of aromatic hydroxyl groups is 1. The van der Waals surface area contributed by atoms with E-state index in [1.54, 1.807) is 116 Å². The number of aliphatic carboxylic acids is 3. The van der Waals surface area contributed by atoms with E-state index in [2.05, 4.69) is 68.5 Å². The van der Waals surface area contributed by atoms with Crippen LogP contribution in [-0.2, 0) is 96.0 Å². The summed E-state index contributed by atoms with van der Waals surface area (Å²) in [7, 11) is 0. The van der Waals surface area contributed by atoms with Crippen LogP contribution in [0, 0.1) is 23.7 Å². The minimum atomic E-state index is -1.91. The standard InChI is InChI=1S/C87H125N17O21/c1-11-48(8)72(101-74(111)49(9)89)83(120)98-65(41-53-44-91-58-23-15-13-21-56(53)58)78(115)95-63(39-51-27-29-54(106)30-28-51)77(114)100-67(42-71(109)110)86(123)104-35-19-26-69(104)82(119)97-62(37-46(4)5)80(117)102-73(50(10)105)84(121)92-59(24-16-17-33-88)75(112)94-61(36-45(2)3)76(113)96-64(40-52-43-90-57-22-14-12-20-55(52)57)79(116)99-66(38-47(6)7)85(122)103-34-18-25-68(103)81(118)93-60(87(124)125)31-32-70(107)108/h12-15,20-23,27-30,43-50,59-69,72-73,90-91,105-106H,11,16-19,24-26,31-42,88-89H2,1-10H3,(H,92,121)(H,93,118)(H,94,112)(H,95,115)(H,96,113)(H,97,119)(H,98,120)(H,99,116)(H,100,114)(H,101,111)(H,102,117)(H,107,108)(H,109,110)(H,124,125)/t48-,49-,50+,59-,60-,61-,62-,63-,64-,65-,66-,67-,68-,69-,72-,73-/m0/s1. The normalized spacial score (nSPS) is 17.3. The molecule has 2 aromatic heterocycles. The Morgan fingerprint density at radius 2 is 0.856 bits per heavy atom. The van der Waals surface area contributed by atoms with Crippen LogP contribution in [0.25, 0.3) is 21.8 Å². The van der Waals surface area contributed by atoms with Crippen LogP contribution in [0.3, 0.4) is 0 Å². The Kier molecular flexibility index (Phi) is 38.2. The SMILES string of the molecule is CC[C@H](C)[C@H](NC(=O)[C@H](C)N)C(=O)N[C@@H](Cc1c[nH]c2ccccc12)C(=O)N[C@@H](Cc1ccc(O)cc1)C(=O)N[C@@H](CC(=O)O)C(=O)N1CCC[C@H]1C(=O)N[C@@H](CC(C)C)C(=O)N[C@H](C(=O)N[C@@H](CCCCN)C(=O)N[C@@H](CC(C)C)C(=O)N[C@@H](Cc1c[nH]c2ccccc12)C(=O)N[C@@H](CC(C)C)C(=O)N1CCC[C@H]1C(=O)N[C@@H](CCC(=O)O)C(=O)O)[C@@H](C)O. The van der Waals surface area contributed by atoms with Crippen molar-refractivity contribution in [3.8, 4) is 5.75 Å². The zero-order valence-electron chi connectivity index (χ0n) is 72.5. The molecule has 5 aromatic rings. The van der Waals surface area contributed by atoms with Crippen LogP contribution >= 0.6 is 0 Å². The first kappa shape index (κ1) is 100. The van der Waals surface area contributed by atoms with Crippen molar-refractivity contribution in [1.82, 2.24) is 78.3 Å². The maximum Gasteiger partial charge on any atom is 0.326 e. The van der Waals surface area contributed by atoms with Gasteiger partial charge in [0.05, 0.1) is 18.6 Å². The van der Waals surface area contributed by atoms with Crippen molar-refractivity contribution in [3.63, 3.8) is 0 Å². The predicted octanol–water partition coefficient (Wildman–Crippen LogP) is 1.16. The van der Waals surface area contributed by atoms with E-state index >= 15 is 9.59 Å². The number of aromatic amines is 2. The smallest absolute Gasteiger partial charge is 0.326 e. The van der Waals surface area contributed by atoms with E-state index in [0.29, 0.717) is 57.8 Å². The summed E-state index contributed by atoms with van der Waals surface area (Å²) < 4.78 is 0. The minimum Gasteiger partial charge on any atom is -0.508 e. The Hall–Kier alpha value is -12.1. The highest BCUT2D eigenvalue weighted by Crippen LogP contribution is 2.27. The number of para-hydroxylation sites is 2. The lowest BCUT2D eigenvalue weighted by Gasteiger charge is -2.31. The van der Waals surface area contributed by atoms with Crippen molar-refractivity contribution >= 4 is 117 Å². The molecule has 0 saturated carbocycles. The molecule has 2 aliphatic heterocycles. The first-order valence-electron chi connectivity index (χ1n) is 42.8. The van der Waals surface area contributed by atoms with Crippen molar-refractivity contribution in [2.75, 3.05) is 19.6 Å². The number of hydrogen-bond acceptors (Lipinski definition) is 20. The highest BCUT2D eigenvalue weighted by molar-refractivity contribution is 6.02. The van der Waals surface area contributed by atoms with E-state index in [0.717, 1.165) is 4.90 Å². The number of nitrogens with zero attached hydrogens (tertiary/aromatic N) is 2. The van der Waals surface area contributed by atoms with Gasteiger partial charge in [0.15, 0.2) is 0 Å². The minimum absolute atomic E-state index is 0.0303. The number of nitrogens with two attached hydrogens (primary N) is 2. The third-order valence-electron chi connectivity index (χ3n) is 22.3. The number of H-pyrrole nitrogens is 2. The number of fused-ring (bicyclic) bond motifs is 2. The molecule has 2 aliphatic rings. The molecule has 2 saturated heterocycles. The second-order valence-electron chi connectivity index (χ2n) is 33.9. The second kappa shape index (κ2) is 47.7. The summed E-state index contributed by atoms with van der Waals surface area (Å²) in [5.41, 5.74) is 14.7. The first-order valence-corrected chi connectivity index (χ1v) is 42.8. The molecule has 2 fully saturated rings.